The number of hydrogen-bond donors (Lipinski definition) is 1. The highest BCUT2D eigenvalue weighted by Gasteiger charge is 2.21. The summed E-state index contributed by atoms with van der Waals surface area (Å²) in [6, 6.07) is 12.5. The number of hydrogen-bond acceptors (Lipinski definition) is 4. The van der Waals surface area contributed by atoms with Gasteiger partial charge in [0.25, 0.3) is 0 Å². The van der Waals surface area contributed by atoms with Crippen molar-refractivity contribution in [2.24, 2.45) is 0 Å². The van der Waals surface area contributed by atoms with Gasteiger partial charge in [-0.15, -0.1) is 0 Å². The van der Waals surface area contributed by atoms with Crippen LogP contribution < -0.4 is 10.1 Å². The lowest BCUT2D eigenvalue weighted by Gasteiger charge is -2.25. The van der Waals surface area contributed by atoms with E-state index in [0.717, 1.165) is 33.2 Å². The highest BCUT2D eigenvalue weighted by Crippen LogP contribution is 2.30. The van der Waals surface area contributed by atoms with Crippen molar-refractivity contribution in [3.05, 3.63) is 53.8 Å². The second-order valence-corrected chi connectivity index (χ2v) is 7.13. The number of thiazole rings is 1. The van der Waals surface area contributed by atoms with Crippen molar-refractivity contribution >= 4 is 26.7 Å². The first-order valence-electron chi connectivity index (χ1n) is 7.42. The highest BCUT2D eigenvalue weighted by atomic mass is 32.1. The second-order valence-electron chi connectivity index (χ2n) is 6.10. The number of fused-ring (bicyclic) bond motifs is 1. The molecule has 0 spiro atoms. The maximum atomic E-state index is 13.1. The fourth-order valence-corrected chi connectivity index (χ4v) is 3.30. The molecular weight excluding hydrogens is 311 g/mol. The first-order valence-corrected chi connectivity index (χ1v) is 8.24. The molecular formula is C18H19FN2OS. The first kappa shape index (κ1) is 15.7. The molecule has 5 heteroatoms. The van der Waals surface area contributed by atoms with Crippen molar-refractivity contribution in [2.75, 3.05) is 19.0 Å². The molecule has 2 aromatic carbocycles. The molecule has 3 rings (SSSR count). The van der Waals surface area contributed by atoms with Crippen molar-refractivity contribution in [2.45, 2.75) is 19.3 Å². The fraction of sp³-hybridized carbons (Fsp3) is 0.278. The van der Waals surface area contributed by atoms with E-state index in [1.54, 1.807) is 18.4 Å². The molecule has 0 aliphatic heterocycles. The molecule has 0 atom stereocenters. The van der Waals surface area contributed by atoms with Crippen LogP contribution in [0.5, 0.6) is 5.75 Å². The van der Waals surface area contributed by atoms with Gasteiger partial charge >= 0.3 is 0 Å². The number of aromatic nitrogens is 1. The first-order chi connectivity index (χ1) is 11.0. The number of rotatable bonds is 5. The molecule has 0 bridgehead atoms. The number of halogens is 1. The zero-order valence-corrected chi connectivity index (χ0v) is 14.2. The number of benzene rings is 2. The Bertz CT molecular complexity index is 812. The molecule has 1 aromatic heterocycles. The molecule has 0 radical (unpaired) electrons. The topological polar surface area (TPSA) is 34.1 Å². The van der Waals surface area contributed by atoms with Crippen molar-refractivity contribution in [3.8, 4) is 5.75 Å². The third kappa shape index (κ3) is 3.45. The summed E-state index contributed by atoms with van der Waals surface area (Å²) in [6.07, 6.45) is 0. The normalized spacial score (nSPS) is 11.7. The Morgan fingerprint density at radius 3 is 2.61 bits per heavy atom. The molecule has 120 valence electrons. The Morgan fingerprint density at radius 2 is 1.91 bits per heavy atom. The van der Waals surface area contributed by atoms with Gasteiger partial charge in [0, 0.05) is 12.0 Å². The standard InChI is InChI=1S/C18H19FN2OS/c1-18(2,12-4-6-13(19)7-5-12)11-20-17-21-15-9-8-14(22-3)10-16(15)23-17/h4-10H,11H2,1-3H3,(H,20,21). The van der Waals surface area contributed by atoms with Crippen LogP contribution in [0, 0.1) is 5.82 Å². The van der Waals surface area contributed by atoms with E-state index in [0.29, 0.717) is 0 Å². The molecule has 0 fully saturated rings. The van der Waals surface area contributed by atoms with Crippen LogP contribution in [0.2, 0.25) is 0 Å². The van der Waals surface area contributed by atoms with Gasteiger partial charge in [0.15, 0.2) is 5.13 Å². The Hall–Kier alpha value is -2.14. The molecule has 0 saturated carbocycles. The minimum atomic E-state index is -0.211. The molecule has 0 unspecified atom stereocenters. The lowest BCUT2D eigenvalue weighted by atomic mass is 9.85. The molecule has 1 N–H and O–H groups in total. The average molecular weight is 330 g/mol. The summed E-state index contributed by atoms with van der Waals surface area (Å²) in [5, 5.41) is 4.28. The molecule has 3 nitrogen and oxygen atoms in total. The summed E-state index contributed by atoms with van der Waals surface area (Å²) < 4.78 is 19.4. The van der Waals surface area contributed by atoms with E-state index in [4.69, 9.17) is 4.74 Å². The Morgan fingerprint density at radius 1 is 1.17 bits per heavy atom. The zero-order valence-electron chi connectivity index (χ0n) is 13.4. The van der Waals surface area contributed by atoms with E-state index in [2.05, 4.69) is 24.1 Å². The van der Waals surface area contributed by atoms with E-state index in [1.807, 2.05) is 30.3 Å². The molecule has 0 aliphatic rings. The predicted molar refractivity (Wildman–Crippen MR) is 94.1 cm³/mol. The summed E-state index contributed by atoms with van der Waals surface area (Å²) >= 11 is 1.60. The van der Waals surface area contributed by atoms with E-state index in [-0.39, 0.29) is 11.2 Å². The van der Waals surface area contributed by atoms with Crippen molar-refractivity contribution in [1.82, 2.24) is 4.98 Å². The summed E-state index contributed by atoms with van der Waals surface area (Å²) in [5.41, 5.74) is 1.93. The lowest BCUT2D eigenvalue weighted by Crippen LogP contribution is -2.27. The second kappa shape index (κ2) is 6.16. The van der Waals surface area contributed by atoms with Crippen LogP contribution >= 0.6 is 11.3 Å². The maximum Gasteiger partial charge on any atom is 0.183 e. The molecule has 1 heterocycles. The fourth-order valence-electron chi connectivity index (χ4n) is 2.41. The van der Waals surface area contributed by atoms with Gasteiger partial charge in [-0.3, -0.25) is 0 Å². The van der Waals surface area contributed by atoms with Gasteiger partial charge in [0.1, 0.15) is 11.6 Å². The highest BCUT2D eigenvalue weighted by molar-refractivity contribution is 7.22. The van der Waals surface area contributed by atoms with E-state index in [9.17, 15) is 4.39 Å². The smallest absolute Gasteiger partial charge is 0.183 e. The van der Waals surface area contributed by atoms with E-state index < -0.39 is 0 Å². The quantitative estimate of drug-likeness (QED) is 0.727. The number of methoxy groups -OCH3 is 1. The van der Waals surface area contributed by atoms with Crippen LogP contribution in [0.4, 0.5) is 9.52 Å². The van der Waals surface area contributed by atoms with Crippen LogP contribution in [0.15, 0.2) is 42.5 Å². The predicted octanol–water partition coefficient (Wildman–Crippen LogP) is 4.83. The van der Waals surface area contributed by atoms with Crippen molar-refractivity contribution in [1.29, 1.82) is 0 Å². The Balaban J connectivity index is 1.75. The third-order valence-corrected chi connectivity index (χ3v) is 4.88. The monoisotopic (exact) mass is 330 g/mol. The summed E-state index contributed by atoms with van der Waals surface area (Å²) in [4.78, 5) is 4.59. The molecule has 0 saturated heterocycles. The van der Waals surface area contributed by atoms with Crippen molar-refractivity contribution < 1.29 is 9.13 Å². The average Bonchev–Trinajstić information content (AvgIpc) is 2.95. The van der Waals surface area contributed by atoms with Crippen LogP contribution in [0.25, 0.3) is 10.2 Å². The number of ether oxygens (including phenoxy) is 1. The van der Waals surface area contributed by atoms with Gasteiger partial charge in [-0.25, -0.2) is 9.37 Å². The Labute approximate surface area is 139 Å². The third-order valence-electron chi connectivity index (χ3n) is 3.90. The maximum absolute atomic E-state index is 13.1. The van der Waals surface area contributed by atoms with Gasteiger partial charge in [-0.2, -0.15) is 0 Å². The van der Waals surface area contributed by atoms with Gasteiger partial charge < -0.3 is 10.1 Å². The van der Waals surface area contributed by atoms with Gasteiger partial charge in [-0.1, -0.05) is 37.3 Å². The van der Waals surface area contributed by atoms with Crippen molar-refractivity contribution in [3.63, 3.8) is 0 Å². The summed E-state index contributed by atoms with van der Waals surface area (Å²) in [7, 11) is 1.66. The minimum Gasteiger partial charge on any atom is -0.497 e. The van der Waals surface area contributed by atoms with E-state index >= 15 is 0 Å². The number of anilines is 1. The van der Waals surface area contributed by atoms with Gasteiger partial charge in [0.05, 0.1) is 17.3 Å². The number of nitrogens with one attached hydrogen (secondary N) is 1. The van der Waals surface area contributed by atoms with Gasteiger partial charge in [0.2, 0.25) is 0 Å². The Kier molecular flexibility index (Phi) is 4.22. The van der Waals surface area contributed by atoms with Crippen LogP contribution in [-0.2, 0) is 5.41 Å². The van der Waals surface area contributed by atoms with E-state index in [1.165, 1.54) is 12.1 Å². The van der Waals surface area contributed by atoms with Crippen LogP contribution in [0.3, 0.4) is 0 Å². The largest absolute Gasteiger partial charge is 0.497 e. The summed E-state index contributed by atoms with van der Waals surface area (Å²) in [5.74, 6) is 0.622. The van der Waals surface area contributed by atoms with Crippen LogP contribution in [-0.4, -0.2) is 18.6 Å². The van der Waals surface area contributed by atoms with Gasteiger partial charge in [-0.05, 0) is 35.9 Å². The molecule has 3 aromatic rings. The zero-order chi connectivity index (χ0) is 16.4. The molecule has 23 heavy (non-hydrogen) atoms. The lowest BCUT2D eigenvalue weighted by molar-refractivity contribution is 0.415. The summed E-state index contributed by atoms with van der Waals surface area (Å²) in [6.45, 7) is 4.97. The SMILES string of the molecule is COc1ccc2nc(NCC(C)(C)c3ccc(F)cc3)sc2c1. The van der Waals surface area contributed by atoms with Crippen LogP contribution in [0.1, 0.15) is 19.4 Å². The number of nitrogens with zero attached hydrogens (tertiary/aromatic N) is 1. The minimum absolute atomic E-state index is 0.122. The molecule has 0 aliphatic carbocycles. The molecule has 0 amide bonds.